The highest BCUT2D eigenvalue weighted by Gasteiger charge is 1.93. The smallest absolute Gasteiger partial charge is 0.190 e. The van der Waals surface area contributed by atoms with Gasteiger partial charge in [0.25, 0.3) is 0 Å². The molecule has 0 saturated carbocycles. The molecule has 1 aromatic rings. The van der Waals surface area contributed by atoms with Gasteiger partial charge in [0, 0.05) is 0 Å². The first-order chi connectivity index (χ1) is 6.86. The lowest BCUT2D eigenvalue weighted by Crippen LogP contribution is -2.02. The van der Waals surface area contributed by atoms with Crippen molar-refractivity contribution in [1.29, 1.82) is 0 Å². The van der Waals surface area contributed by atoms with Crippen LogP contribution in [0, 0.1) is 12.3 Å². The first-order valence-electron chi connectivity index (χ1n) is 4.15. The van der Waals surface area contributed by atoms with Gasteiger partial charge in [-0.2, -0.15) is 0 Å². The average Bonchev–Trinajstić information content (AvgIpc) is 2.25. The van der Waals surface area contributed by atoms with Crippen LogP contribution in [0.3, 0.4) is 0 Å². The SMILES string of the molecule is C#CCOCOc1ccc(OC)cc1. The quantitative estimate of drug-likeness (QED) is 0.403. The van der Waals surface area contributed by atoms with Gasteiger partial charge in [-0.25, -0.2) is 0 Å². The molecule has 3 heteroatoms. The lowest BCUT2D eigenvalue weighted by molar-refractivity contribution is 0.0333. The number of rotatable bonds is 5. The fraction of sp³-hybridized carbons (Fsp3) is 0.273. The average molecular weight is 192 g/mol. The van der Waals surface area contributed by atoms with Gasteiger partial charge < -0.3 is 14.2 Å². The van der Waals surface area contributed by atoms with Crippen molar-refractivity contribution in [2.45, 2.75) is 0 Å². The Labute approximate surface area is 83.6 Å². The first-order valence-corrected chi connectivity index (χ1v) is 4.15. The van der Waals surface area contributed by atoms with Crippen LogP contribution in [0.4, 0.5) is 0 Å². The predicted molar refractivity (Wildman–Crippen MR) is 53.3 cm³/mol. The number of ether oxygens (including phenoxy) is 3. The van der Waals surface area contributed by atoms with E-state index in [0.29, 0.717) is 0 Å². The summed E-state index contributed by atoms with van der Waals surface area (Å²) in [5, 5.41) is 0. The molecule has 0 spiro atoms. The molecule has 0 aliphatic heterocycles. The van der Waals surface area contributed by atoms with Crippen molar-refractivity contribution in [3.63, 3.8) is 0 Å². The maximum absolute atomic E-state index is 5.23. The maximum atomic E-state index is 5.23. The standard InChI is InChI=1S/C11H12O3/c1-3-8-13-9-14-11-6-4-10(12-2)5-7-11/h1,4-7H,8-9H2,2H3. The summed E-state index contributed by atoms with van der Waals surface area (Å²) in [4.78, 5) is 0. The lowest BCUT2D eigenvalue weighted by atomic mass is 10.3. The molecule has 74 valence electrons. The molecule has 0 fully saturated rings. The van der Waals surface area contributed by atoms with E-state index in [9.17, 15) is 0 Å². The van der Waals surface area contributed by atoms with Crippen molar-refractivity contribution in [2.75, 3.05) is 20.5 Å². The summed E-state index contributed by atoms with van der Waals surface area (Å²) in [6.07, 6.45) is 5.00. The molecule has 0 aliphatic carbocycles. The van der Waals surface area contributed by atoms with Crippen LogP contribution in [0.15, 0.2) is 24.3 Å². The number of hydrogen-bond donors (Lipinski definition) is 0. The Morgan fingerprint density at radius 2 is 1.86 bits per heavy atom. The minimum Gasteiger partial charge on any atom is -0.497 e. The van der Waals surface area contributed by atoms with E-state index in [0.717, 1.165) is 11.5 Å². The molecule has 1 rings (SSSR count). The molecular formula is C11H12O3. The van der Waals surface area contributed by atoms with Crippen molar-refractivity contribution in [3.8, 4) is 23.8 Å². The molecule has 1 aromatic carbocycles. The van der Waals surface area contributed by atoms with Crippen molar-refractivity contribution < 1.29 is 14.2 Å². The zero-order chi connectivity index (χ0) is 10.2. The molecule has 0 aliphatic rings. The van der Waals surface area contributed by atoms with Gasteiger partial charge in [0.1, 0.15) is 18.1 Å². The Morgan fingerprint density at radius 3 is 2.43 bits per heavy atom. The summed E-state index contributed by atoms with van der Waals surface area (Å²) >= 11 is 0. The van der Waals surface area contributed by atoms with Gasteiger partial charge in [-0.05, 0) is 24.3 Å². The molecular weight excluding hydrogens is 180 g/mol. The number of methoxy groups -OCH3 is 1. The van der Waals surface area contributed by atoms with E-state index in [2.05, 4.69) is 5.92 Å². The van der Waals surface area contributed by atoms with Crippen LogP contribution in [0.1, 0.15) is 0 Å². The van der Waals surface area contributed by atoms with E-state index in [-0.39, 0.29) is 13.4 Å². The van der Waals surface area contributed by atoms with Crippen LogP contribution in [0.5, 0.6) is 11.5 Å². The van der Waals surface area contributed by atoms with E-state index in [1.165, 1.54) is 0 Å². The van der Waals surface area contributed by atoms with Crippen molar-refractivity contribution in [3.05, 3.63) is 24.3 Å². The largest absolute Gasteiger partial charge is 0.497 e. The first kappa shape index (κ1) is 10.4. The Morgan fingerprint density at radius 1 is 1.21 bits per heavy atom. The zero-order valence-electron chi connectivity index (χ0n) is 8.03. The van der Waals surface area contributed by atoms with Gasteiger partial charge in [0.2, 0.25) is 0 Å². The summed E-state index contributed by atoms with van der Waals surface area (Å²) in [6.45, 7) is 0.423. The summed E-state index contributed by atoms with van der Waals surface area (Å²) in [5.41, 5.74) is 0. The zero-order valence-corrected chi connectivity index (χ0v) is 8.03. The highest BCUT2D eigenvalue weighted by molar-refractivity contribution is 5.30. The minimum absolute atomic E-state index is 0.163. The molecule has 0 amide bonds. The Hall–Kier alpha value is -1.66. The molecule has 0 unspecified atom stereocenters. The highest BCUT2D eigenvalue weighted by atomic mass is 16.7. The van der Waals surface area contributed by atoms with Crippen LogP contribution in [-0.2, 0) is 4.74 Å². The third-order valence-electron chi connectivity index (χ3n) is 1.55. The Bertz CT molecular complexity index is 297. The van der Waals surface area contributed by atoms with Crippen LogP contribution in [-0.4, -0.2) is 20.5 Å². The third-order valence-corrected chi connectivity index (χ3v) is 1.55. The fourth-order valence-corrected chi connectivity index (χ4v) is 0.882. The molecule has 0 radical (unpaired) electrons. The summed E-state index contributed by atoms with van der Waals surface area (Å²) in [6, 6.07) is 7.24. The molecule has 0 aromatic heterocycles. The van der Waals surface area contributed by atoms with Gasteiger partial charge in [-0.15, -0.1) is 6.42 Å². The maximum Gasteiger partial charge on any atom is 0.190 e. The molecule has 0 heterocycles. The van der Waals surface area contributed by atoms with Crippen LogP contribution in [0.2, 0.25) is 0 Å². The molecule has 0 saturated heterocycles. The monoisotopic (exact) mass is 192 g/mol. The van der Waals surface area contributed by atoms with Gasteiger partial charge in [0.05, 0.1) is 7.11 Å². The normalized spacial score (nSPS) is 9.14. The highest BCUT2D eigenvalue weighted by Crippen LogP contribution is 2.16. The van der Waals surface area contributed by atoms with Crippen molar-refractivity contribution in [2.24, 2.45) is 0 Å². The third kappa shape index (κ3) is 3.38. The summed E-state index contributed by atoms with van der Waals surface area (Å²) in [7, 11) is 1.62. The molecule has 3 nitrogen and oxygen atoms in total. The molecule has 0 atom stereocenters. The fourth-order valence-electron chi connectivity index (χ4n) is 0.882. The minimum atomic E-state index is 0.163. The summed E-state index contributed by atoms with van der Waals surface area (Å²) in [5.74, 6) is 3.87. The van der Waals surface area contributed by atoms with Gasteiger partial charge >= 0.3 is 0 Å². The second kappa shape index (κ2) is 5.90. The predicted octanol–water partition coefficient (Wildman–Crippen LogP) is 1.68. The molecule has 0 N–H and O–H groups in total. The van der Waals surface area contributed by atoms with Crippen LogP contribution < -0.4 is 9.47 Å². The van der Waals surface area contributed by atoms with Gasteiger partial charge in [-0.3, -0.25) is 0 Å². The van der Waals surface area contributed by atoms with E-state index in [4.69, 9.17) is 20.6 Å². The lowest BCUT2D eigenvalue weighted by Gasteiger charge is -2.05. The van der Waals surface area contributed by atoms with Crippen LogP contribution in [0.25, 0.3) is 0 Å². The summed E-state index contributed by atoms with van der Waals surface area (Å²) < 4.78 is 15.2. The van der Waals surface area contributed by atoms with E-state index in [1.54, 1.807) is 19.2 Å². The van der Waals surface area contributed by atoms with E-state index < -0.39 is 0 Å². The van der Waals surface area contributed by atoms with Gasteiger partial charge in [-0.1, -0.05) is 5.92 Å². The van der Waals surface area contributed by atoms with E-state index in [1.807, 2.05) is 12.1 Å². The second-order valence-electron chi connectivity index (χ2n) is 2.49. The van der Waals surface area contributed by atoms with Crippen molar-refractivity contribution >= 4 is 0 Å². The van der Waals surface area contributed by atoms with Crippen LogP contribution >= 0.6 is 0 Å². The number of terminal acetylenes is 1. The number of benzene rings is 1. The molecule has 14 heavy (non-hydrogen) atoms. The van der Waals surface area contributed by atoms with E-state index >= 15 is 0 Å². The Kier molecular flexibility index (Phi) is 4.39. The topological polar surface area (TPSA) is 27.7 Å². The molecule has 0 bridgehead atoms. The number of hydrogen-bond acceptors (Lipinski definition) is 3. The van der Waals surface area contributed by atoms with Gasteiger partial charge in [0.15, 0.2) is 6.79 Å². The van der Waals surface area contributed by atoms with Crippen molar-refractivity contribution in [1.82, 2.24) is 0 Å². The second-order valence-corrected chi connectivity index (χ2v) is 2.49. The Balaban J connectivity index is 2.33.